The largest absolute Gasteiger partial charge is 0.504 e. The molecule has 0 spiro atoms. The number of phenolic OH excluding ortho intramolecular Hbond substituents is 4. The number of phenols is 4. The second-order valence-electron chi connectivity index (χ2n) is 5.54. The normalized spacial score (nSPS) is 11.9. The van der Waals surface area contributed by atoms with E-state index in [4.69, 9.17) is 4.74 Å². The topological polar surface area (TPSA) is 134 Å². The lowest BCUT2D eigenvalue weighted by atomic mass is 10.1. The smallest absolute Gasteiger partial charge is 0.331 e. The summed E-state index contributed by atoms with van der Waals surface area (Å²) < 4.78 is 9.83. The summed E-state index contributed by atoms with van der Waals surface area (Å²) in [6, 6.07) is 7.78. The number of ether oxygens (including phenoxy) is 2. The van der Waals surface area contributed by atoms with Gasteiger partial charge >= 0.3 is 11.9 Å². The van der Waals surface area contributed by atoms with Crippen molar-refractivity contribution in [3.63, 3.8) is 0 Å². The maximum atomic E-state index is 12.1. The second kappa shape index (κ2) is 8.61. The molecule has 0 amide bonds. The highest BCUT2D eigenvalue weighted by molar-refractivity contribution is 5.87. The third-order valence-corrected chi connectivity index (χ3v) is 3.62. The van der Waals surface area contributed by atoms with E-state index < -0.39 is 23.8 Å². The molecule has 0 bridgehead atoms. The number of methoxy groups -OCH3 is 1. The minimum absolute atomic E-state index is 0.291. The van der Waals surface area contributed by atoms with Crippen molar-refractivity contribution in [1.82, 2.24) is 0 Å². The summed E-state index contributed by atoms with van der Waals surface area (Å²) in [7, 11) is 1.19. The van der Waals surface area contributed by atoms with Gasteiger partial charge in [-0.2, -0.15) is 0 Å². The van der Waals surface area contributed by atoms with Crippen LogP contribution >= 0.6 is 0 Å². The van der Waals surface area contributed by atoms with Crippen LogP contribution in [0.4, 0.5) is 0 Å². The lowest BCUT2D eigenvalue weighted by Crippen LogP contribution is -2.15. The van der Waals surface area contributed by atoms with Crippen LogP contribution in [0.15, 0.2) is 42.5 Å². The summed E-state index contributed by atoms with van der Waals surface area (Å²) in [6.45, 7) is 0. The van der Waals surface area contributed by atoms with Crippen LogP contribution < -0.4 is 0 Å². The first kappa shape index (κ1) is 19.6. The maximum absolute atomic E-state index is 12.1. The fraction of sp³-hybridized carbons (Fsp3) is 0.158. The molecule has 0 aliphatic rings. The van der Waals surface area contributed by atoms with Gasteiger partial charge in [0.05, 0.1) is 13.5 Å². The van der Waals surface area contributed by atoms with Crippen molar-refractivity contribution in [3.8, 4) is 23.0 Å². The molecule has 1 atom stereocenters. The van der Waals surface area contributed by atoms with E-state index in [9.17, 15) is 30.0 Å². The molecule has 0 aromatic heterocycles. The Morgan fingerprint density at radius 3 is 2.19 bits per heavy atom. The van der Waals surface area contributed by atoms with Crippen molar-refractivity contribution in [2.24, 2.45) is 0 Å². The number of carbonyl (C=O) groups is 2. The minimum atomic E-state index is -1.05. The number of hydrogen-bond donors (Lipinski definition) is 4. The monoisotopic (exact) mass is 374 g/mol. The van der Waals surface area contributed by atoms with Crippen LogP contribution in [0, 0.1) is 0 Å². The van der Waals surface area contributed by atoms with Gasteiger partial charge in [0.25, 0.3) is 0 Å². The molecule has 142 valence electrons. The Morgan fingerprint density at radius 1 is 0.963 bits per heavy atom. The van der Waals surface area contributed by atoms with Crippen LogP contribution in [-0.2, 0) is 19.1 Å². The molecule has 4 N–H and O–H groups in total. The summed E-state index contributed by atoms with van der Waals surface area (Å²) >= 11 is 0. The Kier molecular flexibility index (Phi) is 6.27. The summed E-state index contributed by atoms with van der Waals surface area (Å²) in [5.74, 6) is -2.83. The number of hydrogen-bond acceptors (Lipinski definition) is 8. The molecule has 8 heteroatoms. The van der Waals surface area contributed by atoms with Gasteiger partial charge < -0.3 is 29.9 Å². The van der Waals surface area contributed by atoms with Gasteiger partial charge in [-0.3, -0.25) is 4.79 Å². The van der Waals surface area contributed by atoms with E-state index in [1.807, 2.05) is 0 Å². The summed E-state index contributed by atoms with van der Waals surface area (Å²) in [5, 5.41) is 37.7. The SMILES string of the molecule is COC(=O)C[C@@H](OC(=O)C=Cc1ccc(O)c(O)c1)c1ccc(O)c(O)c1. The van der Waals surface area contributed by atoms with Crippen molar-refractivity contribution in [3.05, 3.63) is 53.6 Å². The molecule has 0 heterocycles. The van der Waals surface area contributed by atoms with E-state index in [2.05, 4.69) is 4.74 Å². The number of aromatic hydroxyl groups is 4. The van der Waals surface area contributed by atoms with Gasteiger partial charge in [0.2, 0.25) is 0 Å². The van der Waals surface area contributed by atoms with E-state index in [1.54, 1.807) is 0 Å². The molecule has 27 heavy (non-hydrogen) atoms. The van der Waals surface area contributed by atoms with Crippen LogP contribution in [0.1, 0.15) is 23.7 Å². The third kappa shape index (κ3) is 5.40. The van der Waals surface area contributed by atoms with E-state index in [-0.39, 0.29) is 23.7 Å². The first-order valence-corrected chi connectivity index (χ1v) is 7.79. The Balaban J connectivity index is 2.16. The highest BCUT2D eigenvalue weighted by atomic mass is 16.6. The molecule has 8 nitrogen and oxygen atoms in total. The highest BCUT2D eigenvalue weighted by Crippen LogP contribution is 2.31. The minimum Gasteiger partial charge on any atom is -0.504 e. The lowest BCUT2D eigenvalue weighted by molar-refractivity contribution is -0.150. The van der Waals surface area contributed by atoms with Crippen molar-refractivity contribution >= 4 is 18.0 Å². The maximum Gasteiger partial charge on any atom is 0.331 e. The summed E-state index contributed by atoms with van der Waals surface area (Å²) in [4.78, 5) is 23.7. The lowest BCUT2D eigenvalue weighted by Gasteiger charge is -2.17. The molecular weight excluding hydrogens is 356 g/mol. The predicted molar refractivity (Wildman–Crippen MR) is 94.0 cm³/mol. The molecule has 0 aliphatic heterocycles. The van der Waals surface area contributed by atoms with Gasteiger partial charge in [-0.05, 0) is 41.5 Å². The molecule has 0 aliphatic carbocycles. The van der Waals surface area contributed by atoms with E-state index in [0.717, 1.165) is 6.08 Å². The van der Waals surface area contributed by atoms with Crippen LogP contribution in [0.25, 0.3) is 6.08 Å². The molecule has 0 unspecified atom stereocenters. The van der Waals surface area contributed by atoms with Gasteiger partial charge in [-0.25, -0.2) is 4.79 Å². The van der Waals surface area contributed by atoms with E-state index >= 15 is 0 Å². The molecule has 0 saturated carbocycles. The predicted octanol–water partition coefficient (Wildman–Crippen LogP) is 2.37. The third-order valence-electron chi connectivity index (χ3n) is 3.62. The van der Waals surface area contributed by atoms with Crippen molar-refractivity contribution in [2.45, 2.75) is 12.5 Å². The average molecular weight is 374 g/mol. The van der Waals surface area contributed by atoms with Crippen molar-refractivity contribution in [2.75, 3.05) is 7.11 Å². The van der Waals surface area contributed by atoms with Crippen molar-refractivity contribution < 1.29 is 39.5 Å². The average Bonchev–Trinajstić information content (AvgIpc) is 2.64. The Bertz CT molecular complexity index is 872. The number of esters is 2. The standard InChI is InChI=1S/C19H18O8/c1-26-19(25)10-17(12-4-6-14(21)16(23)9-12)27-18(24)7-3-11-2-5-13(20)15(22)8-11/h2-9,17,20-23H,10H2,1H3/t17-/m1/s1. The molecule has 2 rings (SSSR count). The van der Waals surface area contributed by atoms with Crippen molar-refractivity contribution in [1.29, 1.82) is 0 Å². The Labute approximate surface area is 154 Å². The van der Waals surface area contributed by atoms with Crippen LogP contribution in [0.3, 0.4) is 0 Å². The van der Waals surface area contributed by atoms with Gasteiger partial charge in [0.15, 0.2) is 23.0 Å². The first-order valence-electron chi connectivity index (χ1n) is 7.79. The van der Waals surface area contributed by atoms with Gasteiger partial charge in [0.1, 0.15) is 6.10 Å². The van der Waals surface area contributed by atoms with Crippen LogP contribution in [0.2, 0.25) is 0 Å². The molecule has 2 aromatic rings. The number of rotatable bonds is 6. The van der Waals surface area contributed by atoms with E-state index in [0.29, 0.717) is 11.1 Å². The Morgan fingerprint density at radius 2 is 1.59 bits per heavy atom. The zero-order valence-corrected chi connectivity index (χ0v) is 14.3. The summed E-state index contributed by atoms with van der Waals surface area (Å²) in [5.41, 5.74) is 0.730. The molecule has 0 radical (unpaired) electrons. The van der Waals surface area contributed by atoms with Gasteiger partial charge in [-0.15, -0.1) is 0 Å². The zero-order valence-electron chi connectivity index (χ0n) is 14.3. The van der Waals surface area contributed by atoms with Crippen LogP contribution in [0.5, 0.6) is 23.0 Å². The van der Waals surface area contributed by atoms with Gasteiger partial charge in [-0.1, -0.05) is 12.1 Å². The number of benzene rings is 2. The zero-order chi connectivity index (χ0) is 20.0. The molecule has 2 aromatic carbocycles. The number of carbonyl (C=O) groups excluding carboxylic acids is 2. The molecule has 0 fully saturated rings. The fourth-order valence-electron chi connectivity index (χ4n) is 2.19. The molecular formula is C19H18O8. The van der Waals surface area contributed by atoms with Gasteiger partial charge in [0, 0.05) is 6.08 Å². The quantitative estimate of drug-likeness (QED) is 0.344. The second-order valence-corrected chi connectivity index (χ2v) is 5.54. The first-order chi connectivity index (χ1) is 12.8. The summed E-state index contributed by atoms with van der Waals surface area (Å²) in [6.07, 6.45) is 1.09. The Hall–Kier alpha value is -3.68. The van der Waals surface area contributed by atoms with E-state index in [1.165, 1.54) is 49.6 Å². The highest BCUT2D eigenvalue weighted by Gasteiger charge is 2.21. The van der Waals surface area contributed by atoms with Crippen LogP contribution in [-0.4, -0.2) is 39.5 Å². The fourth-order valence-corrected chi connectivity index (χ4v) is 2.19. The molecule has 0 saturated heterocycles.